The van der Waals surface area contributed by atoms with Gasteiger partial charge in [0.25, 0.3) is 5.91 Å². The Balaban J connectivity index is 2.24. The molecule has 0 saturated carbocycles. The molecule has 1 amide bonds. The molecule has 0 aliphatic carbocycles. The van der Waals surface area contributed by atoms with E-state index < -0.39 is 0 Å². The van der Waals surface area contributed by atoms with E-state index in [1.54, 1.807) is 44.6 Å². The maximum atomic E-state index is 12.5. The second-order valence-electron chi connectivity index (χ2n) is 4.84. The zero-order valence-corrected chi connectivity index (χ0v) is 12.2. The van der Waals surface area contributed by atoms with E-state index in [9.17, 15) is 9.59 Å². The number of esters is 1. The monoisotopic (exact) mass is 287 g/mol. The molecule has 110 valence electrons. The second-order valence-corrected chi connectivity index (χ2v) is 4.84. The minimum absolute atomic E-state index is 0.197. The molecule has 6 nitrogen and oxygen atoms in total. The number of hydrogen-bond donors (Lipinski definition) is 0. The van der Waals surface area contributed by atoms with Crippen molar-refractivity contribution >= 4 is 22.9 Å². The normalized spacial score (nSPS) is 12.0. The van der Waals surface area contributed by atoms with Crippen LogP contribution in [0.25, 0.3) is 11.0 Å². The van der Waals surface area contributed by atoms with Gasteiger partial charge in [0.05, 0.1) is 24.1 Å². The van der Waals surface area contributed by atoms with Crippen LogP contribution < -0.4 is 0 Å². The van der Waals surface area contributed by atoms with Crippen molar-refractivity contribution in [2.45, 2.75) is 6.92 Å². The third-order valence-corrected chi connectivity index (χ3v) is 3.23. The van der Waals surface area contributed by atoms with E-state index in [1.807, 2.05) is 0 Å². The van der Waals surface area contributed by atoms with Gasteiger partial charge in [-0.2, -0.15) is 0 Å². The van der Waals surface area contributed by atoms with Crippen LogP contribution in [0, 0.1) is 5.92 Å². The first kappa shape index (κ1) is 14.9. The fraction of sp³-hybridized carbons (Fsp3) is 0.333. The summed E-state index contributed by atoms with van der Waals surface area (Å²) in [6, 6.07) is 5.27. The van der Waals surface area contributed by atoms with E-state index in [2.05, 4.69) is 14.7 Å². The first-order valence-electron chi connectivity index (χ1n) is 6.57. The van der Waals surface area contributed by atoms with E-state index in [4.69, 9.17) is 0 Å². The number of para-hydroxylation sites is 1. The second kappa shape index (κ2) is 6.30. The fourth-order valence-electron chi connectivity index (χ4n) is 2.14. The molecule has 6 heteroatoms. The summed E-state index contributed by atoms with van der Waals surface area (Å²) in [5.74, 6) is -0.922. The van der Waals surface area contributed by atoms with Crippen molar-refractivity contribution < 1.29 is 14.3 Å². The highest BCUT2D eigenvalue weighted by molar-refractivity contribution is 6.04. The number of carbonyl (C=O) groups is 2. The molecule has 1 atom stereocenters. The quantitative estimate of drug-likeness (QED) is 0.797. The standard InChI is InChI=1S/C15H17N3O3/c1-10(15(20)21-3)9-18(2)14(19)11-5-4-6-12-13(11)17-8-7-16-12/h4-8,10H,9H2,1-3H3. The van der Waals surface area contributed by atoms with Crippen molar-refractivity contribution in [3.05, 3.63) is 36.2 Å². The molecule has 0 aliphatic heterocycles. The SMILES string of the molecule is COC(=O)C(C)CN(C)C(=O)c1cccc2nccnc12. The molecule has 0 radical (unpaired) electrons. The molecule has 1 aromatic heterocycles. The zero-order valence-electron chi connectivity index (χ0n) is 12.2. The van der Waals surface area contributed by atoms with E-state index in [0.29, 0.717) is 16.6 Å². The third kappa shape index (κ3) is 3.16. The van der Waals surface area contributed by atoms with Gasteiger partial charge in [0.1, 0.15) is 5.52 Å². The third-order valence-electron chi connectivity index (χ3n) is 3.23. The lowest BCUT2D eigenvalue weighted by molar-refractivity contribution is -0.145. The highest BCUT2D eigenvalue weighted by atomic mass is 16.5. The van der Waals surface area contributed by atoms with Crippen molar-refractivity contribution in [2.24, 2.45) is 5.92 Å². The maximum absolute atomic E-state index is 12.5. The average Bonchev–Trinajstić information content (AvgIpc) is 2.52. The van der Waals surface area contributed by atoms with Crippen LogP contribution in [-0.4, -0.2) is 47.4 Å². The summed E-state index contributed by atoms with van der Waals surface area (Å²) in [7, 11) is 2.98. The van der Waals surface area contributed by atoms with Crippen molar-refractivity contribution in [2.75, 3.05) is 20.7 Å². The molecule has 0 N–H and O–H groups in total. The first-order valence-corrected chi connectivity index (χ1v) is 6.57. The van der Waals surface area contributed by atoms with E-state index in [-0.39, 0.29) is 24.3 Å². The molecule has 0 fully saturated rings. The van der Waals surface area contributed by atoms with Gasteiger partial charge in [-0.1, -0.05) is 13.0 Å². The summed E-state index contributed by atoms with van der Waals surface area (Å²) < 4.78 is 4.67. The molecule has 1 unspecified atom stereocenters. The Bertz CT molecular complexity index is 667. The van der Waals surface area contributed by atoms with Crippen molar-refractivity contribution in [1.29, 1.82) is 0 Å². The predicted octanol–water partition coefficient (Wildman–Crippen LogP) is 1.51. The van der Waals surface area contributed by atoms with Crippen LogP contribution in [0.15, 0.2) is 30.6 Å². The van der Waals surface area contributed by atoms with Gasteiger partial charge in [0.2, 0.25) is 0 Å². The van der Waals surface area contributed by atoms with Gasteiger partial charge in [-0.3, -0.25) is 19.6 Å². The van der Waals surface area contributed by atoms with Gasteiger partial charge in [-0.25, -0.2) is 0 Å². The number of benzene rings is 1. The zero-order chi connectivity index (χ0) is 15.4. The summed E-state index contributed by atoms with van der Waals surface area (Å²) in [6.45, 7) is 2.00. The van der Waals surface area contributed by atoms with E-state index >= 15 is 0 Å². The number of fused-ring (bicyclic) bond motifs is 1. The molecule has 1 aromatic carbocycles. The molecule has 21 heavy (non-hydrogen) atoms. The van der Waals surface area contributed by atoms with Crippen molar-refractivity contribution in [3.63, 3.8) is 0 Å². The average molecular weight is 287 g/mol. The number of ether oxygens (including phenoxy) is 1. The number of amides is 1. The lowest BCUT2D eigenvalue weighted by Gasteiger charge is -2.20. The molecule has 0 saturated heterocycles. The van der Waals surface area contributed by atoms with Crippen LogP contribution in [0.2, 0.25) is 0 Å². The largest absolute Gasteiger partial charge is 0.469 e. The number of nitrogens with zero attached hydrogens (tertiary/aromatic N) is 3. The Kier molecular flexibility index (Phi) is 4.47. The molecular formula is C15H17N3O3. The van der Waals surface area contributed by atoms with Crippen LogP contribution >= 0.6 is 0 Å². The number of methoxy groups -OCH3 is 1. The van der Waals surface area contributed by atoms with Gasteiger partial charge in [-0.05, 0) is 12.1 Å². The Hall–Kier alpha value is -2.50. The minimum atomic E-state index is -0.384. The summed E-state index contributed by atoms with van der Waals surface area (Å²) in [5.41, 5.74) is 1.69. The Morgan fingerprint density at radius 3 is 2.71 bits per heavy atom. The van der Waals surface area contributed by atoms with Crippen molar-refractivity contribution in [3.8, 4) is 0 Å². The first-order chi connectivity index (χ1) is 10.0. The summed E-state index contributed by atoms with van der Waals surface area (Å²) in [4.78, 5) is 33.8. The number of carbonyl (C=O) groups excluding carboxylic acids is 2. The molecule has 2 rings (SSSR count). The number of rotatable bonds is 4. The molecule has 0 aliphatic rings. The van der Waals surface area contributed by atoms with Crippen molar-refractivity contribution in [1.82, 2.24) is 14.9 Å². The van der Waals surface area contributed by atoms with Gasteiger partial charge in [0, 0.05) is 26.0 Å². The van der Waals surface area contributed by atoms with E-state index in [0.717, 1.165) is 0 Å². The number of hydrogen-bond acceptors (Lipinski definition) is 5. The summed E-state index contributed by atoms with van der Waals surface area (Å²) in [6.07, 6.45) is 3.13. The number of aromatic nitrogens is 2. The highest BCUT2D eigenvalue weighted by Gasteiger charge is 2.21. The van der Waals surface area contributed by atoms with E-state index in [1.165, 1.54) is 12.0 Å². The van der Waals surface area contributed by atoms with Crippen LogP contribution in [0.5, 0.6) is 0 Å². The van der Waals surface area contributed by atoms with Gasteiger partial charge in [-0.15, -0.1) is 0 Å². The van der Waals surface area contributed by atoms with Crippen LogP contribution in [0.1, 0.15) is 17.3 Å². The lowest BCUT2D eigenvalue weighted by atomic mass is 10.1. The molecule has 2 aromatic rings. The van der Waals surface area contributed by atoms with Crippen LogP contribution in [0.4, 0.5) is 0 Å². The minimum Gasteiger partial charge on any atom is -0.469 e. The molecule has 0 bridgehead atoms. The fourth-order valence-corrected chi connectivity index (χ4v) is 2.14. The van der Waals surface area contributed by atoms with Gasteiger partial charge in [0.15, 0.2) is 0 Å². The smallest absolute Gasteiger partial charge is 0.310 e. The summed E-state index contributed by atoms with van der Waals surface area (Å²) in [5, 5.41) is 0. The molecule has 1 heterocycles. The topological polar surface area (TPSA) is 72.4 Å². The van der Waals surface area contributed by atoms with Crippen LogP contribution in [-0.2, 0) is 9.53 Å². The van der Waals surface area contributed by atoms with Crippen LogP contribution in [0.3, 0.4) is 0 Å². The lowest BCUT2D eigenvalue weighted by Crippen LogP contribution is -2.34. The highest BCUT2D eigenvalue weighted by Crippen LogP contribution is 2.16. The molecular weight excluding hydrogens is 270 g/mol. The van der Waals surface area contributed by atoms with Gasteiger partial charge < -0.3 is 9.64 Å². The maximum Gasteiger partial charge on any atom is 0.310 e. The molecule has 0 spiro atoms. The predicted molar refractivity (Wildman–Crippen MR) is 77.7 cm³/mol. The Labute approximate surface area is 122 Å². The van der Waals surface area contributed by atoms with Gasteiger partial charge >= 0.3 is 5.97 Å². The Morgan fingerprint density at radius 2 is 2.00 bits per heavy atom. The summed E-state index contributed by atoms with van der Waals surface area (Å²) >= 11 is 0. The Morgan fingerprint density at radius 1 is 1.29 bits per heavy atom.